The highest BCUT2D eigenvalue weighted by Gasteiger charge is 2.12. The third-order valence-corrected chi connectivity index (χ3v) is 3.85. The molecule has 0 fully saturated rings. The molecule has 0 unspecified atom stereocenters. The lowest BCUT2D eigenvalue weighted by molar-refractivity contribution is 0.252. The van der Waals surface area contributed by atoms with Gasteiger partial charge in [-0.15, -0.1) is 0 Å². The zero-order valence-electron chi connectivity index (χ0n) is 13.7. The zero-order valence-corrected chi connectivity index (χ0v) is 13.7. The summed E-state index contributed by atoms with van der Waals surface area (Å²) in [5.74, 6) is 0.781. The molecule has 0 radical (unpaired) electrons. The van der Waals surface area contributed by atoms with Crippen molar-refractivity contribution >= 4 is 22.6 Å². The summed E-state index contributed by atoms with van der Waals surface area (Å²) in [4.78, 5) is 18.5. The second-order valence-electron chi connectivity index (χ2n) is 5.34. The van der Waals surface area contributed by atoms with Crippen LogP contribution in [-0.4, -0.2) is 23.1 Å². The topological polar surface area (TPSA) is 93.0 Å². The number of aromatic amines is 1. The molecule has 126 valence electrons. The number of nitrogens with one attached hydrogen (secondary N) is 2. The van der Waals surface area contributed by atoms with Crippen molar-refractivity contribution in [2.45, 2.75) is 0 Å². The molecule has 2 heterocycles. The second-order valence-corrected chi connectivity index (χ2v) is 5.34. The number of ether oxygens (including phenoxy) is 1. The van der Waals surface area contributed by atoms with Gasteiger partial charge in [0, 0.05) is 40.7 Å². The Morgan fingerprint density at radius 1 is 1.36 bits per heavy atom. The molecule has 4 N–H and O–H groups in total. The summed E-state index contributed by atoms with van der Waals surface area (Å²) in [5.41, 5.74) is 9.34. The van der Waals surface area contributed by atoms with Crippen LogP contribution in [0.5, 0.6) is 5.75 Å². The number of hydrogen-bond acceptors (Lipinski definition) is 3. The van der Waals surface area contributed by atoms with Gasteiger partial charge in [-0.25, -0.2) is 9.78 Å². The number of aromatic nitrogens is 2. The first-order valence-electron chi connectivity index (χ1n) is 7.63. The van der Waals surface area contributed by atoms with Gasteiger partial charge in [0.25, 0.3) is 0 Å². The lowest BCUT2D eigenvalue weighted by Gasteiger charge is -2.08. The molecule has 0 aliphatic rings. The predicted octanol–water partition coefficient (Wildman–Crippen LogP) is 3.43. The maximum Gasteiger partial charge on any atom is 0.316 e. The van der Waals surface area contributed by atoms with Crippen LogP contribution in [0.25, 0.3) is 27.7 Å². The second kappa shape index (κ2) is 6.92. The Kier molecular flexibility index (Phi) is 4.52. The number of carbonyl (C=O) groups is 1. The number of nitrogens with two attached hydrogens (primary N) is 1. The summed E-state index contributed by atoms with van der Waals surface area (Å²) in [6.45, 7) is 3.78. The molecule has 0 spiro atoms. The third-order valence-electron chi connectivity index (χ3n) is 3.85. The van der Waals surface area contributed by atoms with E-state index in [2.05, 4.69) is 21.9 Å². The average Bonchev–Trinajstić information content (AvgIpc) is 3.05. The number of pyridine rings is 1. The van der Waals surface area contributed by atoms with Gasteiger partial charge in [-0.3, -0.25) is 0 Å². The highest BCUT2D eigenvalue weighted by atomic mass is 16.5. The van der Waals surface area contributed by atoms with Gasteiger partial charge in [-0.1, -0.05) is 30.9 Å². The van der Waals surface area contributed by atoms with E-state index < -0.39 is 6.03 Å². The van der Waals surface area contributed by atoms with Crippen LogP contribution in [0, 0.1) is 0 Å². The van der Waals surface area contributed by atoms with E-state index in [1.165, 1.54) is 6.20 Å². The first-order valence-corrected chi connectivity index (χ1v) is 7.63. The maximum absolute atomic E-state index is 10.9. The molecule has 1 aromatic carbocycles. The van der Waals surface area contributed by atoms with Crippen LogP contribution in [0.2, 0.25) is 0 Å². The fourth-order valence-electron chi connectivity index (χ4n) is 2.66. The van der Waals surface area contributed by atoms with E-state index in [0.29, 0.717) is 5.57 Å². The molecule has 3 rings (SSSR count). The minimum atomic E-state index is -0.634. The number of rotatable bonds is 5. The number of urea groups is 1. The van der Waals surface area contributed by atoms with Crippen molar-refractivity contribution in [3.63, 3.8) is 0 Å². The average molecular weight is 334 g/mol. The van der Waals surface area contributed by atoms with Crippen LogP contribution < -0.4 is 15.8 Å². The molecule has 0 bridgehead atoms. The summed E-state index contributed by atoms with van der Waals surface area (Å²) >= 11 is 0. The van der Waals surface area contributed by atoms with E-state index in [0.717, 1.165) is 33.5 Å². The Bertz CT molecular complexity index is 972. The zero-order chi connectivity index (χ0) is 17.8. The van der Waals surface area contributed by atoms with E-state index >= 15 is 0 Å². The number of allylic oxidation sites excluding steroid dienone is 2. The molecule has 0 atom stereocenters. The fourth-order valence-corrected chi connectivity index (χ4v) is 2.66. The molecule has 6 nitrogen and oxygen atoms in total. The summed E-state index contributed by atoms with van der Waals surface area (Å²) in [5, 5.41) is 3.39. The summed E-state index contributed by atoms with van der Waals surface area (Å²) in [6.07, 6.45) is 6.75. The van der Waals surface area contributed by atoms with Crippen molar-refractivity contribution in [3.8, 4) is 16.9 Å². The van der Waals surface area contributed by atoms with Crippen LogP contribution >= 0.6 is 0 Å². The van der Waals surface area contributed by atoms with Gasteiger partial charge in [0.2, 0.25) is 0 Å². The Morgan fingerprint density at radius 3 is 2.88 bits per heavy atom. The van der Waals surface area contributed by atoms with Crippen molar-refractivity contribution in [1.29, 1.82) is 0 Å². The smallest absolute Gasteiger partial charge is 0.316 e. The highest BCUT2D eigenvalue weighted by molar-refractivity contribution is 5.97. The Balaban J connectivity index is 2.13. The molecular weight excluding hydrogens is 316 g/mol. The molecule has 25 heavy (non-hydrogen) atoms. The van der Waals surface area contributed by atoms with Crippen LogP contribution in [0.15, 0.2) is 61.6 Å². The number of benzene rings is 1. The van der Waals surface area contributed by atoms with Crippen LogP contribution in [0.4, 0.5) is 4.79 Å². The summed E-state index contributed by atoms with van der Waals surface area (Å²) < 4.78 is 5.46. The van der Waals surface area contributed by atoms with Crippen LogP contribution in [-0.2, 0) is 0 Å². The highest BCUT2D eigenvalue weighted by Crippen LogP contribution is 2.35. The number of primary amides is 1. The summed E-state index contributed by atoms with van der Waals surface area (Å²) in [6, 6.07) is 9.14. The number of para-hydroxylation sites is 1. The van der Waals surface area contributed by atoms with E-state index in [4.69, 9.17) is 10.5 Å². The molecule has 6 heteroatoms. The van der Waals surface area contributed by atoms with Crippen molar-refractivity contribution in [2.24, 2.45) is 5.73 Å². The molecule has 0 aliphatic heterocycles. The third kappa shape index (κ3) is 3.23. The fraction of sp³-hybridized carbons (Fsp3) is 0.0526. The standard InChI is InChI=1S/C19H18N4O2/c1-3-12(9-23-19(20)24)13-8-15-16(11-22-18(15)21-10-13)14-6-4-5-7-17(14)25-2/h3-11H,1H2,2H3,(H,21,22)(H3,20,23,24)/b12-9+. The number of methoxy groups -OCH3 is 1. The van der Waals surface area contributed by atoms with Gasteiger partial charge in [-0.05, 0) is 17.7 Å². The van der Waals surface area contributed by atoms with Crippen molar-refractivity contribution < 1.29 is 9.53 Å². The van der Waals surface area contributed by atoms with Crippen LogP contribution in [0.1, 0.15) is 5.56 Å². The lowest BCUT2D eigenvalue weighted by atomic mass is 10.0. The molecule has 2 amide bonds. The Hall–Kier alpha value is -3.54. The van der Waals surface area contributed by atoms with E-state index in [-0.39, 0.29) is 0 Å². The molecular formula is C19H18N4O2. The van der Waals surface area contributed by atoms with E-state index in [9.17, 15) is 4.79 Å². The molecule has 0 aliphatic carbocycles. The number of amides is 2. The number of H-pyrrole nitrogens is 1. The largest absolute Gasteiger partial charge is 0.496 e. The van der Waals surface area contributed by atoms with Gasteiger partial charge >= 0.3 is 6.03 Å². The van der Waals surface area contributed by atoms with Gasteiger partial charge in [0.1, 0.15) is 11.4 Å². The molecule has 0 saturated heterocycles. The first kappa shape index (κ1) is 16.3. The Labute approximate surface area is 145 Å². The normalized spacial score (nSPS) is 11.3. The van der Waals surface area contributed by atoms with E-state index in [1.54, 1.807) is 19.4 Å². The number of nitrogens with zero attached hydrogens (tertiary/aromatic N) is 1. The molecule has 2 aromatic heterocycles. The van der Waals surface area contributed by atoms with Gasteiger partial charge in [0.15, 0.2) is 0 Å². The molecule has 3 aromatic rings. The SMILES string of the molecule is C=C/C(=C\NC(N)=O)c1cnc2[nH]cc(-c3ccccc3OC)c2c1. The van der Waals surface area contributed by atoms with Gasteiger partial charge < -0.3 is 20.8 Å². The van der Waals surface area contributed by atoms with Gasteiger partial charge in [-0.2, -0.15) is 0 Å². The van der Waals surface area contributed by atoms with Crippen molar-refractivity contribution in [1.82, 2.24) is 15.3 Å². The summed E-state index contributed by atoms with van der Waals surface area (Å²) in [7, 11) is 1.64. The van der Waals surface area contributed by atoms with Gasteiger partial charge in [0.05, 0.1) is 7.11 Å². The first-order chi connectivity index (χ1) is 12.1. The number of fused-ring (bicyclic) bond motifs is 1. The number of hydrogen-bond donors (Lipinski definition) is 3. The Morgan fingerprint density at radius 2 is 2.16 bits per heavy atom. The minimum absolute atomic E-state index is 0.634. The minimum Gasteiger partial charge on any atom is -0.496 e. The van der Waals surface area contributed by atoms with Crippen LogP contribution in [0.3, 0.4) is 0 Å². The van der Waals surface area contributed by atoms with E-state index in [1.807, 2.05) is 36.5 Å². The maximum atomic E-state index is 10.9. The lowest BCUT2D eigenvalue weighted by Crippen LogP contribution is -2.24. The monoisotopic (exact) mass is 334 g/mol. The quantitative estimate of drug-likeness (QED) is 0.624. The van der Waals surface area contributed by atoms with Crippen molar-refractivity contribution in [3.05, 3.63) is 67.1 Å². The molecule has 0 saturated carbocycles. The van der Waals surface area contributed by atoms with Crippen molar-refractivity contribution in [2.75, 3.05) is 7.11 Å². The predicted molar refractivity (Wildman–Crippen MR) is 99.0 cm³/mol. The number of carbonyl (C=O) groups excluding carboxylic acids is 1.